The van der Waals surface area contributed by atoms with Crippen LogP contribution in [0.2, 0.25) is 0 Å². The fraction of sp³-hybridized carbons (Fsp3) is 0.364. The Morgan fingerprint density at radius 2 is 2.20 bits per heavy atom. The van der Waals surface area contributed by atoms with Gasteiger partial charge in [-0.25, -0.2) is 0 Å². The van der Waals surface area contributed by atoms with Crippen molar-refractivity contribution in [2.24, 2.45) is 0 Å². The number of nitrogens with zero attached hydrogens (tertiary/aromatic N) is 1. The van der Waals surface area contributed by atoms with Gasteiger partial charge in [0.1, 0.15) is 12.0 Å². The number of aliphatic hydroxyl groups is 1. The number of carbonyl (C=O) groups is 1. The molecule has 0 fully saturated rings. The molecular weight excluding hydrogens is 194 g/mol. The Kier molecular flexibility index (Phi) is 3.68. The van der Waals surface area contributed by atoms with E-state index in [9.17, 15) is 15.0 Å². The molecule has 1 unspecified atom stereocenters. The Bertz CT molecular complexity index is 350. The van der Waals surface area contributed by atoms with Crippen LogP contribution in [0.5, 0.6) is 5.75 Å². The van der Waals surface area contributed by atoms with Crippen molar-refractivity contribution in [1.82, 2.24) is 0 Å². The minimum atomic E-state index is -0.628. The first-order valence-electron chi connectivity index (χ1n) is 4.83. The number of hydrogen-bond acceptors (Lipinski definition) is 4. The van der Waals surface area contributed by atoms with Crippen LogP contribution in [0.25, 0.3) is 0 Å². The lowest BCUT2D eigenvalue weighted by Crippen LogP contribution is -2.32. The van der Waals surface area contributed by atoms with E-state index in [4.69, 9.17) is 0 Å². The van der Waals surface area contributed by atoms with Gasteiger partial charge in [0.2, 0.25) is 0 Å². The van der Waals surface area contributed by atoms with Crippen molar-refractivity contribution < 1.29 is 15.0 Å². The van der Waals surface area contributed by atoms with Crippen molar-refractivity contribution in [2.45, 2.75) is 20.1 Å². The lowest BCUT2D eigenvalue weighted by Gasteiger charge is -2.26. The molecule has 0 aliphatic rings. The van der Waals surface area contributed by atoms with E-state index in [0.717, 1.165) is 0 Å². The van der Waals surface area contributed by atoms with E-state index in [2.05, 4.69) is 0 Å². The number of phenols is 1. The average Bonchev–Trinajstić information content (AvgIpc) is 2.18. The first-order chi connectivity index (χ1) is 7.10. The summed E-state index contributed by atoms with van der Waals surface area (Å²) in [6.45, 7) is 4.17. The largest absolute Gasteiger partial charge is 0.507 e. The van der Waals surface area contributed by atoms with Crippen LogP contribution >= 0.6 is 0 Å². The molecule has 1 aromatic rings. The molecule has 0 bridgehead atoms. The maximum Gasteiger partial charge on any atom is 0.153 e. The van der Waals surface area contributed by atoms with Crippen molar-refractivity contribution >= 4 is 12.0 Å². The van der Waals surface area contributed by atoms with Crippen LogP contribution < -0.4 is 4.90 Å². The van der Waals surface area contributed by atoms with Crippen molar-refractivity contribution in [3.8, 4) is 5.75 Å². The summed E-state index contributed by atoms with van der Waals surface area (Å²) in [6.07, 6.45) is -0.0332. The van der Waals surface area contributed by atoms with E-state index < -0.39 is 6.23 Å². The molecule has 0 spiro atoms. The van der Waals surface area contributed by atoms with Crippen LogP contribution in [-0.4, -0.2) is 29.3 Å². The normalized spacial score (nSPS) is 12.2. The summed E-state index contributed by atoms with van der Waals surface area (Å²) in [5, 5.41) is 18.9. The second kappa shape index (κ2) is 4.79. The molecule has 0 aromatic heterocycles. The highest BCUT2D eigenvalue weighted by atomic mass is 16.3. The van der Waals surface area contributed by atoms with Gasteiger partial charge in [0, 0.05) is 18.3 Å². The molecule has 1 rings (SSSR count). The van der Waals surface area contributed by atoms with Crippen molar-refractivity contribution in [1.29, 1.82) is 0 Å². The highest BCUT2D eigenvalue weighted by molar-refractivity contribution is 5.80. The topological polar surface area (TPSA) is 60.8 Å². The summed E-state index contributed by atoms with van der Waals surface area (Å²) in [4.78, 5) is 12.2. The minimum Gasteiger partial charge on any atom is -0.507 e. The number of hydrogen-bond donors (Lipinski definition) is 2. The van der Waals surface area contributed by atoms with E-state index in [0.29, 0.717) is 18.5 Å². The second-order valence-electron chi connectivity index (χ2n) is 3.28. The lowest BCUT2D eigenvalue weighted by atomic mass is 10.2. The molecule has 0 heterocycles. The molecule has 0 saturated carbocycles. The van der Waals surface area contributed by atoms with Gasteiger partial charge < -0.3 is 15.1 Å². The number of rotatable bonds is 4. The van der Waals surface area contributed by atoms with Crippen LogP contribution in [0.15, 0.2) is 18.2 Å². The number of aliphatic hydroxyl groups excluding tert-OH is 1. The number of aromatic hydroxyl groups is 1. The molecule has 4 heteroatoms. The predicted octanol–water partition coefficient (Wildman–Crippen LogP) is 1.37. The molecule has 0 saturated heterocycles. The van der Waals surface area contributed by atoms with Gasteiger partial charge in [0.25, 0.3) is 0 Å². The summed E-state index contributed by atoms with van der Waals surface area (Å²) < 4.78 is 0. The molecule has 4 nitrogen and oxygen atoms in total. The molecule has 1 atom stereocenters. The predicted molar refractivity (Wildman–Crippen MR) is 58.2 cm³/mol. The van der Waals surface area contributed by atoms with Crippen molar-refractivity contribution in [2.75, 3.05) is 11.4 Å². The maximum atomic E-state index is 10.5. The first-order valence-corrected chi connectivity index (χ1v) is 4.83. The summed E-state index contributed by atoms with van der Waals surface area (Å²) in [7, 11) is 0. The van der Waals surface area contributed by atoms with Crippen LogP contribution in [0, 0.1) is 0 Å². The monoisotopic (exact) mass is 209 g/mol. The zero-order valence-corrected chi connectivity index (χ0v) is 8.84. The Balaban J connectivity index is 3.05. The fourth-order valence-electron chi connectivity index (χ4n) is 1.47. The second-order valence-corrected chi connectivity index (χ2v) is 3.28. The summed E-state index contributed by atoms with van der Waals surface area (Å²) in [5.41, 5.74) is 0.941. The lowest BCUT2D eigenvalue weighted by molar-refractivity contribution is 0.112. The summed E-state index contributed by atoms with van der Waals surface area (Å²) in [5.74, 6) is -0.0680. The van der Waals surface area contributed by atoms with Gasteiger partial charge in [0.05, 0.1) is 5.56 Å². The average molecular weight is 209 g/mol. The van der Waals surface area contributed by atoms with Gasteiger partial charge in [-0.2, -0.15) is 0 Å². The van der Waals surface area contributed by atoms with Crippen molar-refractivity contribution in [3.05, 3.63) is 23.8 Å². The summed E-state index contributed by atoms with van der Waals surface area (Å²) in [6, 6.07) is 4.70. The summed E-state index contributed by atoms with van der Waals surface area (Å²) >= 11 is 0. The van der Waals surface area contributed by atoms with Gasteiger partial charge >= 0.3 is 0 Å². The van der Waals surface area contributed by atoms with Gasteiger partial charge in [-0.05, 0) is 26.0 Å². The quantitative estimate of drug-likeness (QED) is 0.580. The number of phenolic OH excluding ortho intramolecular Hbond substituents is 1. The van der Waals surface area contributed by atoms with Gasteiger partial charge in [-0.15, -0.1) is 0 Å². The molecule has 0 radical (unpaired) electrons. The SMILES string of the molecule is CCN(c1ccc(C=O)c(O)c1)C(C)O. The number of benzene rings is 1. The zero-order chi connectivity index (χ0) is 11.4. The van der Waals surface area contributed by atoms with E-state index in [-0.39, 0.29) is 11.3 Å². The van der Waals surface area contributed by atoms with Crippen LogP contribution in [-0.2, 0) is 0 Å². The Morgan fingerprint density at radius 1 is 1.53 bits per heavy atom. The molecule has 0 aliphatic carbocycles. The van der Waals surface area contributed by atoms with Gasteiger partial charge in [-0.1, -0.05) is 0 Å². The van der Waals surface area contributed by atoms with E-state index >= 15 is 0 Å². The molecule has 0 aliphatic heterocycles. The highest BCUT2D eigenvalue weighted by Gasteiger charge is 2.11. The Morgan fingerprint density at radius 3 is 2.60 bits per heavy atom. The standard InChI is InChI=1S/C11H15NO3/c1-3-12(8(2)14)10-5-4-9(7-13)11(15)6-10/h4-8,14-15H,3H2,1-2H3. The molecule has 1 aromatic carbocycles. The van der Waals surface area contributed by atoms with Crippen molar-refractivity contribution in [3.63, 3.8) is 0 Å². The molecule has 0 amide bonds. The molecule has 82 valence electrons. The van der Waals surface area contributed by atoms with E-state index in [1.54, 1.807) is 17.9 Å². The highest BCUT2D eigenvalue weighted by Crippen LogP contribution is 2.24. The smallest absolute Gasteiger partial charge is 0.153 e. The van der Waals surface area contributed by atoms with Crippen LogP contribution in [0.3, 0.4) is 0 Å². The number of anilines is 1. The van der Waals surface area contributed by atoms with Gasteiger partial charge in [-0.3, -0.25) is 4.79 Å². The number of aldehydes is 1. The maximum absolute atomic E-state index is 10.5. The Hall–Kier alpha value is -1.55. The molecular formula is C11H15NO3. The first kappa shape index (κ1) is 11.5. The van der Waals surface area contributed by atoms with Gasteiger partial charge in [0.15, 0.2) is 6.29 Å². The third-order valence-corrected chi connectivity index (χ3v) is 2.26. The zero-order valence-electron chi connectivity index (χ0n) is 8.84. The Labute approximate surface area is 88.8 Å². The molecule has 15 heavy (non-hydrogen) atoms. The van der Waals surface area contributed by atoms with Crippen LogP contribution in [0.1, 0.15) is 24.2 Å². The van der Waals surface area contributed by atoms with Crippen LogP contribution in [0.4, 0.5) is 5.69 Å². The van der Waals surface area contributed by atoms with E-state index in [1.165, 1.54) is 12.1 Å². The minimum absolute atomic E-state index is 0.0680. The van der Waals surface area contributed by atoms with E-state index in [1.807, 2.05) is 6.92 Å². The fourth-order valence-corrected chi connectivity index (χ4v) is 1.47. The number of carbonyl (C=O) groups excluding carboxylic acids is 1. The third kappa shape index (κ3) is 2.47. The molecule has 2 N–H and O–H groups in total. The third-order valence-electron chi connectivity index (χ3n) is 2.26.